The first-order valence-corrected chi connectivity index (χ1v) is 10.6. The second-order valence-corrected chi connectivity index (χ2v) is 8.39. The Kier molecular flexibility index (Phi) is 5.41. The first kappa shape index (κ1) is 19.3. The van der Waals surface area contributed by atoms with Crippen LogP contribution in [0.15, 0.2) is 65.8 Å². The van der Waals surface area contributed by atoms with E-state index in [-0.39, 0.29) is 17.6 Å². The van der Waals surface area contributed by atoms with Gasteiger partial charge in [0.05, 0.1) is 23.2 Å². The molecular weight excluding hydrogens is 380 g/mol. The van der Waals surface area contributed by atoms with Crippen LogP contribution in [0.4, 0.5) is 0 Å². The van der Waals surface area contributed by atoms with E-state index in [4.69, 9.17) is 4.98 Å². The molecule has 0 aliphatic heterocycles. The number of nitrogens with one attached hydrogen (secondary N) is 2. The minimum atomic E-state index is -0.773. The molecule has 1 atom stereocenters. The van der Waals surface area contributed by atoms with Crippen molar-refractivity contribution in [3.8, 4) is 28.6 Å². The third-order valence-corrected chi connectivity index (χ3v) is 6.03. The second kappa shape index (κ2) is 8.14. The molecule has 0 unspecified atom stereocenters. The van der Waals surface area contributed by atoms with Gasteiger partial charge in [-0.05, 0) is 25.7 Å². The maximum absolute atomic E-state index is 12.4. The molecule has 146 valence electrons. The van der Waals surface area contributed by atoms with E-state index in [1.165, 1.54) is 11.8 Å². The number of rotatable bonds is 7. The van der Waals surface area contributed by atoms with Gasteiger partial charge in [-0.25, -0.2) is 4.98 Å². The van der Waals surface area contributed by atoms with Gasteiger partial charge in [0.15, 0.2) is 5.16 Å². The smallest absolute Gasteiger partial charge is 0.231 e. The van der Waals surface area contributed by atoms with E-state index in [1.54, 1.807) is 6.92 Å². The molecule has 2 aromatic carbocycles. The normalized spacial score (nSPS) is 15.3. The van der Waals surface area contributed by atoms with Gasteiger partial charge in [0.1, 0.15) is 5.54 Å². The molecular formula is C23H22N4OS. The van der Waals surface area contributed by atoms with Gasteiger partial charge >= 0.3 is 0 Å². The number of hydrogen-bond donors (Lipinski definition) is 2. The Morgan fingerprint density at radius 2 is 1.79 bits per heavy atom. The zero-order chi connectivity index (χ0) is 20.3. The van der Waals surface area contributed by atoms with E-state index < -0.39 is 5.54 Å². The van der Waals surface area contributed by atoms with Crippen molar-refractivity contribution >= 4 is 17.7 Å². The van der Waals surface area contributed by atoms with Gasteiger partial charge in [-0.3, -0.25) is 4.79 Å². The number of benzene rings is 2. The number of H-pyrrole nitrogens is 1. The zero-order valence-electron chi connectivity index (χ0n) is 16.2. The summed E-state index contributed by atoms with van der Waals surface area (Å²) in [6, 6.07) is 22.3. The first-order valence-electron chi connectivity index (χ1n) is 9.65. The average molecular weight is 403 g/mol. The van der Waals surface area contributed by atoms with E-state index in [0.717, 1.165) is 35.4 Å². The summed E-state index contributed by atoms with van der Waals surface area (Å²) in [5.41, 5.74) is 3.08. The third-order valence-electron chi connectivity index (χ3n) is 5.16. The van der Waals surface area contributed by atoms with Crippen LogP contribution in [-0.2, 0) is 4.79 Å². The lowest BCUT2D eigenvalue weighted by Crippen LogP contribution is -2.47. The minimum Gasteiger partial charge on any atom is -0.337 e. The average Bonchev–Trinajstić information content (AvgIpc) is 3.54. The number of carbonyl (C=O) groups is 1. The summed E-state index contributed by atoms with van der Waals surface area (Å²) < 4.78 is 0. The number of carbonyl (C=O) groups excluding carboxylic acids is 1. The molecule has 0 saturated heterocycles. The fourth-order valence-corrected chi connectivity index (χ4v) is 4.05. The first-order chi connectivity index (χ1) is 14.1. The van der Waals surface area contributed by atoms with E-state index in [0.29, 0.717) is 5.16 Å². The van der Waals surface area contributed by atoms with Crippen molar-refractivity contribution in [1.82, 2.24) is 15.3 Å². The predicted molar refractivity (Wildman–Crippen MR) is 115 cm³/mol. The SMILES string of the molecule is C[C@](C#N)(NC(=O)CSc1nc(-c2ccccc2)c(-c2ccccc2)[nH]1)C1CC1. The van der Waals surface area contributed by atoms with Gasteiger partial charge in [0.25, 0.3) is 0 Å². The van der Waals surface area contributed by atoms with E-state index in [2.05, 4.69) is 16.4 Å². The molecule has 1 amide bonds. The van der Waals surface area contributed by atoms with Gasteiger partial charge in [-0.2, -0.15) is 5.26 Å². The van der Waals surface area contributed by atoms with Crippen molar-refractivity contribution in [3.63, 3.8) is 0 Å². The highest BCUT2D eigenvalue weighted by Gasteiger charge is 2.42. The summed E-state index contributed by atoms with van der Waals surface area (Å²) in [6.07, 6.45) is 1.99. The third kappa shape index (κ3) is 4.36. The Balaban J connectivity index is 1.53. The number of nitrogens with zero attached hydrogens (tertiary/aromatic N) is 2. The Labute approximate surface area is 174 Å². The number of nitriles is 1. The van der Waals surface area contributed by atoms with Crippen molar-refractivity contribution in [3.05, 3.63) is 60.7 Å². The largest absolute Gasteiger partial charge is 0.337 e. The maximum Gasteiger partial charge on any atom is 0.231 e. The zero-order valence-corrected chi connectivity index (χ0v) is 17.0. The van der Waals surface area contributed by atoms with Crippen LogP contribution in [0.3, 0.4) is 0 Å². The molecule has 0 spiro atoms. The highest BCUT2D eigenvalue weighted by molar-refractivity contribution is 7.99. The van der Waals surface area contributed by atoms with Crippen molar-refractivity contribution < 1.29 is 4.79 Å². The Bertz CT molecular complexity index is 981. The van der Waals surface area contributed by atoms with Crippen LogP contribution >= 0.6 is 11.8 Å². The lowest BCUT2D eigenvalue weighted by molar-refractivity contribution is -0.119. The highest BCUT2D eigenvalue weighted by atomic mass is 32.2. The van der Waals surface area contributed by atoms with Crippen LogP contribution in [0.2, 0.25) is 0 Å². The van der Waals surface area contributed by atoms with E-state index in [1.807, 2.05) is 60.7 Å². The number of amides is 1. The van der Waals surface area contributed by atoms with Crippen LogP contribution in [-0.4, -0.2) is 27.2 Å². The molecule has 29 heavy (non-hydrogen) atoms. The lowest BCUT2D eigenvalue weighted by atomic mass is 9.98. The van der Waals surface area contributed by atoms with Crippen LogP contribution < -0.4 is 5.32 Å². The molecule has 0 radical (unpaired) electrons. The summed E-state index contributed by atoms with van der Waals surface area (Å²) in [4.78, 5) is 20.6. The number of hydrogen-bond acceptors (Lipinski definition) is 4. The molecule has 4 rings (SSSR count). The maximum atomic E-state index is 12.4. The number of imidazole rings is 1. The molecule has 1 fully saturated rings. The van der Waals surface area contributed by atoms with Crippen molar-refractivity contribution in [2.24, 2.45) is 5.92 Å². The summed E-state index contributed by atoms with van der Waals surface area (Å²) in [6.45, 7) is 1.81. The monoisotopic (exact) mass is 402 g/mol. The van der Waals surface area contributed by atoms with Crippen LogP contribution in [0.1, 0.15) is 19.8 Å². The van der Waals surface area contributed by atoms with Gasteiger partial charge in [-0.15, -0.1) is 0 Å². The van der Waals surface area contributed by atoms with E-state index >= 15 is 0 Å². The molecule has 2 N–H and O–H groups in total. The van der Waals surface area contributed by atoms with Crippen molar-refractivity contribution in [1.29, 1.82) is 5.26 Å². The molecule has 1 aliphatic rings. The van der Waals surface area contributed by atoms with Gasteiger partial charge < -0.3 is 10.3 Å². The summed E-state index contributed by atoms with van der Waals surface area (Å²) in [7, 11) is 0. The predicted octanol–water partition coefficient (Wildman–Crippen LogP) is 4.64. The van der Waals surface area contributed by atoms with Crippen molar-refractivity contribution in [2.45, 2.75) is 30.5 Å². The van der Waals surface area contributed by atoms with Gasteiger partial charge in [0, 0.05) is 11.1 Å². The van der Waals surface area contributed by atoms with Crippen LogP contribution in [0, 0.1) is 17.2 Å². The van der Waals surface area contributed by atoms with Gasteiger partial charge in [-0.1, -0.05) is 72.4 Å². The Morgan fingerprint density at radius 3 is 2.38 bits per heavy atom. The number of aromatic nitrogens is 2. The summed E-state index contributed by atoms with van der Waals surface area (Å²) >= 11 is 1.35. The summed E-state index contributed by atoms with van der Waals surface area (Å²) in [5.74, 6) is 0.323. The standard InChI is InChI=1S/C23H22N4OS/c1-23(15-24,18-12-13-18)27-19(28)14-29-22-25-20(16-8-4-2-5-9-16)21(26-22)17-10-6-3-7-11-17/h2-11,18H,12-14H2,1H3,(H,25,26)(H,27,28)/t23-/m1/s1. The van der Waals surface area contributed by atoms with Crippen molar-refractivity contribution in [2.75, 3.05) is 5.75 Å². The molecule has 1 heterocycles. The molecule has 3 aromatic rings. The fraction of sp³-hybridized carbons (Fsp3) is 0.261. The van der Waals surface area contributed by atoms with Crippen LogP contribution in [0.5, 0.6) is 0 Å². The molecule has 0 bridgehead atoms. The summed E-state index contributed by atoms with van der Waals surface area (Å²) in [5, 5.41) is 13.0. The minimum absolute atomic E-state index is 0.148. The molecule has 1 saturated carbocycles. The van der Waals surface area contributed by atoms with Gasteiger partial charge in [0.2, 0.25) is 5.91 Å². The topological polar surface area (TPSA) is 81.6 Å². The molecule has 1 aromatic heterocycles. The Morgan fingerprint density at radius 1 is 1.17 bits per heavy atom. The highest BCUT2D eigenvalue weighted by Crippen LogP contribution is 2.39. The fourth-order valence-electron chi connectivity index (χ4n) is 3.38. The van der Waals surface area contributed by atoms with Crippen LogP contribution in [0.25, 0.3) is 22.5 Å². The molecule has 1 aliphatic carbocycles. The second-order valence-electron chi connectivity index (χ2n) is 7.42. The molecule has 5 nitrogen and oxygen atoms in total. The number of thioether (sulfide) groups is 1. The quantitative estimate of drug-likeness (QED) is 0.564. The Hall–Kier alpha value is -3.04. The molecule has 6 heteroatoms. The van der Waals surface area contributed by atoms with E-state index in [9.17, 15) is 10.1 Å². The number of aromatic amines is 1. The lowest BCUT2D eigenvalue weighted by Gasteiger charge is -2.22.